The highest BCUT2D eigenvalue weighted by molar-refractivity contribution is 9.10. The van der Waals surface area contributed by atoms with Crippen LogP contribution < -0.4 is 15.4 Å². The van der Waals surface area contributed by atoms with Crippen LogP contribution in [0.1, 0.15) is 24.2 Å². The number of rotatable bonds is 6. The van der Waals surface area contributed by atoms with Crippen molar-refractivity contribution in [3.8, 4) is 11.5 Å². The van der Waals surface area contributed by atoms with E-state index in [1.807, 2.05) is 13.8 Å². The molecule has 0 unspecified atom stereocenters. The van der Waals surface area contributed by atoms with Crippen molar-refractivity contribution < 1.29 is 19.6 Å². The zero-order chi connectivity index (χ0) is 20.8. The smallest absolute Gasteiger partial charge is 0.271 e. The fourth-order valence-electron chi connectivity index (χ4n) is 2.08. The number of carbonyl (C=O) groups excluding carboxylic acids is 1. The lowest BCUT2D eigenvalue weighted by atomic mass is 10.2. The van der Waals surface area contributed by atoms with Gasteiger partial charge in [0.2, 0.25) is 0 Å². The van der Waals surface area contributed by atoms with E-state index in [-0.39, 0.29) is 22.2 Å². The molecule has 0 saturated carbocycles. The average Bonchev–Trinajstić information content (AvgIpc) is 2.62. The lowest BCUT2D eigenvalue weighted by molar-refractivity contribution is -0.384. The quantitative estimate of drug-likeness (QED) is 0.252. The van der Waals surface area contributed by atoms with Crippen molar-refractivity contribution >= 4 is 50.5 Å². The van der Waals surface area contributed by atoms with Gasteiger partial charge in [-0.05, 0) is 58.3 Å². The predicted octanol–water partition coefficient (Wildman–Crippen LogP) is 4.22. The Bertz CT molecular complexity index is 920. The number of benzene rings is 2. The first-order valence-electron chi connectivity index (χ1n) is 8.19. The van der Waals surface area contributed by atoms with Gasteiger partial charge in [-0.25, -0.2) is 0 Å². The van der Waals surface area contributed by atoms with Gasteiger partial charge in [0, 0.05) is 17.7 Å². The third-order valence-electron chi connectivity index (χ3n) is 3.43. The fraction of sp³-hybridized carbons (Fsp3) is 0.222. The molecule has 1 amide bonds. The van der Waals surface area contributed by atoms with Crippen LogP contribution >= 0.6 is 28.1 Å². The number of carbonyl (C=O) groups is 1. The number of non-ortho nitro benzene ring substituents is 1. The summed E-state index contributed by atoms with van der Waals surface area (Å²) in [7, 11) is 0. The van der Waals surface area contributed by atoms with E-state index in [2.05, 4.69) is 26.6 Å². The molecule has 0 saturated heterocycles. The summed E-state index contributed by atoms with van der Waals surface area (Å²) in [4.78, 5) is 22.6. The molecular weight excluding hydrogens is 450 g/mol. The Balaban J connectivity index is 2.04. The van der Waals surface area contributed by atoms with Crippen molar-refractivity contribution in [3.63, 3.8) is 0 Å². The largest absolute Gasteiger partial charge is 0.506 e. The summed E-state index contributed by atoms with van der Waals surface area (Å²) in [5, 5.41) is 25.5. The van der Waals surface area contributed by atoms with Gasteiger partial charge in [0.25, 0.3) is 11.6 Å². The number of nitrogens with zero attached hydrogens (tertiary/aromatic N) is 1. The van der Waals surface area contributed by atoms with Gasteiger partial charge in [-0.15, -0.1) is 0 Å². The molecule has 0 heterocycles. The van der Waals surface area contributed by atoms with Gasteiger partial charge in [0.15, 0.2) is 5.11 Å². The van der Waals surface area contributed by atoms with Crippen LogP contribution in [0.5, 0.6) is 11.5 Å². The number of thiocarbonyl (C=S) groups is 1. The minimum Gasteiger partial charge on any atom is -0.506 e. The topological polar surface area (TPSA) is 114 Å². The van der Waals surface area contributed by atoms with Crippen molar-refractivity contribution in [3.05, 3.63) is 56.5 Å². The number of nitrogens with one attached hydrogen (secondary N) is 2. The minimum absolute atomic E-state index is 0.0121. The van der Waals surface area contributed by atoms with Gasteiger partial charge in [-0.1, -0.05) is 13.8 Å². The monoisotopic (exact) mass is 467 g/mol. The first-order chi connectivity index (χ1) is 13.2. The summed E-state index contributed by atoms with van der Waals surface area (Å²) < 4.78 is 6.26. The summed E-state index contributed by atoms with van der Waals surface area (Å²) in [5.74, 6) is 0.256. The maximum Gasteiger partial charge on any atom is 0.271 e. The van der Waals surface area contributed by atoms with Crippen LogP contribution in [-0.4, -0.2) is 27.7 Å². The average molecular weight is 468 g/mol. The summed E-state index contributed by atoms with van der Waals surface area (Å²) in [6.07, 6.45) is 0. The maximum atomic E-state index is 12.4. The highest BCUT2D eigenvalue weighted by Gasteiger charge is 2.14. The number of ether oxygens (including phenoxy) is 1. The molecule has 28 heavy (non-hydrogen) atoms. The third kappa shape index (κ3) is 5.89. The first kappa shape index (κ1) is 21.6. The fourth-order valence-corrected chi connectivity index (χ4v) is 2.78. The van der Waals surface area contributed by atoms with Crippen molar-refractivity contribution in [2.24, 2.45) is 5.92 Å². The van der Waals surface area contributed by atoms with Crippen molar-refractivity contribution in [2.45, 2.75) is 13.8 Å². The van der Waals surface area contributed by atoms with Crippen molar-refractivity contribution in [1.29, 1.82) is 0 Å². The molecule has 0 aromatic heterocycles. The Morgan fingerprint density at radius 1 is 1.32 bits per heavy atom. The number of amides is 1. The van der Waals surface area contributed by atoms with Crippen LogP contribution in [0.25, 0.3) is 0 Å². The lowest BCUT2D eigenvalue weighted by Crippen LogP contribution is -2.34. The molecule has 148 valence electrons. The maximum absolute atomic E-state index is 12.4. The van der Waals surface area contributed by atoms with Gasteiger partial charge >= 0.3 is 0 Å². The van der Waals surface area contributed by atoms with Gasteiger partial charge in [0.1, 0.15) is 11.5 Å². The molecular formula is C18H18BrN3O5S. The van der Waals surface area contributed by atoms with Crippen molar-refractivity contribution in [2.75, 3.05) is 11.9 Å². The van der Waals surface area contributed by atoms with Crippen LogP contribution in [-0.2, 0) is 0 Å². The molecule has 3 N–H and O–H groups in total. The number of anilines is 1. The van der Waals surface area contributed by atoms with Gasteiger partial charge in [0.05, 0.1) is 21.7 Å². The summed E-state index contributed by atoms with van der Waals surface area (Å²) in [6, 6.07) is 8.29. The third-order valence-corrected chi connectivity index (χ3v) is 4.26. The van der Waals surface area contributed by atoms with E-state index in [0.717, 1.165) is 18.2 Å². The standard InChI is InChI=1S/C18H18BrN3O5S/c1-10(2)9-27-16-6-3-11(7-13(16)19)17(24)21-18(28)20-14-8-12(22(25)26)4-5-15(14)23/h3-8,10,23H,9H2,1-2H3,(H2,20,21,24,28). The number of phenols is 1. The zero-order valence-electron chi connectivity index (χ0n) is 15.1. The van der Waals surface area contributed by atoms with Crippen LogP contribution in [0, 0.1) is 16.0 Å². The van der Waals surface area contributed by atoms with E-state index >= 15 is 0 Å². The Labute approximate surface area is 175 Å². The molecule has 0 fully saturated rings. The second-order valence-corrected chi connectivity index (χ2v) is 7.48. The second-order valence-electron chi connectivity index (χ2n) is 6.22. The van der Waals surface area contributed by atoms with Crippen LogP contribution in [0.4, 0.5) is 11.4 Å². The molecule has 10 heteroatoms. The van der Waals surface area contributed by atoms with E-state index in [9.17, 15) is 20.0 Å². The molecule has 2 aromatic rings. The summed E-state index contributed by atoms with van der Waals surface area (Å²) in [6.45, 7) is 4.61. The lowest BCUT2D eigenvalue weighted by Gasteiger charge is -2.13. The van der Waals surface area contributed by atoms with Crippen LogP contribution in [0.3, 0.4) is 0 Å². The predicted molar refractivity (Wildman–Crippen MR) is 113 cm³/mol. The van der Waals surface area contributed by atoms with Gasteiger partial charge in [-0.2, -0.15) is 0 Å². The summed E-state index contributed by atoms with van der Waals surface area (Å²) in [5.41, 5.74) is 0.115. The van der Waals surface area contributed by atoms with Gasteiger partial charge in [-0.3, -0.25) is 20.2 Å². The number of hydrogen-bond acceptors (Lipinski definition) is 6. The summed E-state index contributed by atoms with van der Waals surface area (Å²) >= 11 is 8.42. The Hall–Kier alpha value is -2.72. The van der Waals surface area contributed by atoms with Crippen LogP contribution in [0.15, 0.2) is 40.9 Å². The highest BCUT2D eigenvalue weighted by atomic mass is 79.9. The molecule has 0 spiro atoms. The molecule has 0 aliphatic heterocycles. The number of nitro groups is 1. The number of phenolic OH excluding ortho intramolecular Hbond substituents is 1. The molecule has 0 atom stereocenters. The van der Waals surface area contributed by atoms with Crippen molar-refractivity contribution in [1.82, 2.24) is 5.32 Å². The SMILES string of the molecule is CC(C)COc1ccc(C(=O)NC(=S)Nc2cc([N+](=O)[O-])ccc2O)cc1Br. The molecule has 2 aromatic carbocycles. The molecule has 0 aliphatic rings. The molecule has 2 rings (SSSR count). The van der Waals surface area contributed by atoms with E-state index in [4.69, 9.17) is 17.0 Å². The number of hydrogen-bond donors (Lipinski definition) is 3. The molecule has 8 nitrogen and oxygen atoms in total. The minimum atomic E-state index is -0.604. The molecule has 0 bridgehead atoms. The second kappa shape index (κ2) is 9.47. The van der Waals surface area contributed by atoms with Gasteiger partial charge < -0.3 is 15.2 Å². The number of nitro benzene ring substituents is 1. The normalized spacial score (nSPS) is 10.4. The van der Waals surface area contributed by atoms with E-state index in [1.165, 1.54) is 0 Å². The number of aromatic hydroxyl groups is 1. The van der Waals surface area contributed by atoms with E-state index in [1.54, 1.807) is 18.2 Å². The van der Waals surface area contributed by atoms with E-state index in [0.29, 0.717) is 28.3 Å². The molecule has 0 radical (unpaired) electrons. The van der Waals surface area contributed by atoms with Crippen LogP contribution in [0.2, 0.25) is 0 Å². The zero-order valence-corrected chi connectivity index (χ0v) is 17.5. The Morgan fingerprint density at radius 2 is 2.04 bits per heavy atom. The highest BCUT2D eigenvalue weighted by Crippen LogP contribution is 2.28. The van der Waals surface area contributed by atoms with E-state index < -0.39 is 10.8 Å². The Morgan fingerprint density at radius 3 is 2.64 bits per heavy atom. The molecule has 0 aliphatic carbocycles. The number of halogens is 1. The first-order valence-corrected chi connectivity index (χ1v) is 9.39. The Kier molecular flexibility index (Phi) is 7.30.